The molecule has 0 spiro atoms. The van der Waals surface area contributed by atoms with E-state index >= 15 is 0 Å². The van der Waals surface area contributed by atoms with Crippen molar-refractivity contribution >= 4 is 33.1 Å². The van der Waals surface area contributed by atoms with Crippen LogP contribution in [-0.2, 0) is 0 Å². The van der Waals surface area contributed by atoms with E-state index < -0.39 is 0 Å². The van der Waals surface area contributed by atoms with E-state index in [1.807, 2.05) is 18.2 Å². The first kappa shape index (κ1) is 8.31. The van der Waals surface area contributed by atoms with Gasteiger partial charge in [0.1, 0.15) is 0 Å². The van der Waals surface area contributed by atoms with Crippen molar-refractivity contribution < 1.29 is 4.79 Å². The highest BCUT2D eigenvalue weighted by atomic mass is 79.9. The molecule has 64 valence electrons. The summed E-state index contributed by atoms with van der Waals surface area (Å²) in [5.41, 5.74) is 0.778. The van der Waals surface area contributed by atoms with Gasteiger partial charge in [-0.1, -0.05) is 15.9 Å². The Bertz CT molecular complexity index is 470. The van der Waals surface area contributed by atoms with Crippen LogP contribution in [0.25, 0.3) is 10.9 Å². The third-order valence-electron chi connectivity index (χ3n) is 1.67. The topological polar surface area (TPSA) is 42.9 Å². The maximum absolute atomic E-state index is 10.4. The number of carbonyl (C=O) groups is 1. The van der Waals surface area contributed by atoms with E-state index in [0.717, 1.165) is 15.4 Å². The molecule has 0 atom stereocenters. The number of benzene rings is 1. The second-order valence-corrected chi connectivity index (χ2v) is 3.46. The van der Waals surface area contributed by atoms with Crippen molar-refractivity contribution in [3.05, 3.63) is 34.7 Å². The van der Waals surface area contributed by atoms with Crippen molar-refractivity contribution in [2.45, 2.75) is 0 Å². The average Bonchev–Trinajstić information content (AvgIpc) is 2.17. The van der Waals surface area contributed by atoms with Crippen molar-refractivity contribution in [1.82, 2.24) is 9.97 Å². The zero-order chi connectivity index (χ0) is 9.26. The fraction of sp³-hybridized carbons (Fsp3) is 0. The van der Waals surface area contributed by atoms with Gasteiger partial charge in [0.25, 0.3) is 0 Å². The van der Waals surface area contributed by atoms with E-state index in [0.29, 0.717) is 6.29 Å². The Kier molecular flexibility index (Phi) is 2.06. The molecule has 1 heterocycles. The van der Waals surface area contributed by atoms with Gasteiger partial charge in [0.05, 0.1) is 5.52 Å². The van der Waals surface area contributed by atoms with Gasteiger partial charge >= 0.3 is 0 Å². The van der Waals surface area contributed by atoms with Gasteiger partial charge in [-0.05, 0) is 18.2 Å². The first-order valence-electron chi connectivity index (χ1n) is 3.67. The standard InChI is InChI=1S/C9H5BrN2O/c10-7-1-2-8-6(3-7)4-11-9(5-13)12-8/h1-5H. The number of nitrogens with zero attached hydrogens (tertiary/aromatic N) is 2. The molecule has 3 nitrogen and oxygen atoms in total. The molecular weight excluding hydrogens is 232 g/mol. The fourth-order valence-electron chi connectivity index (χ4n) is 1.08. The molecule has 13 heavy (non-hydrogen) atoms. The summed E-state index contributed by atoms with van der Waals surface area (Å²) >= 11 is 3.34. The number of halogens is 1. The highest BCUT2D eigenvalue weighted by molar-refractivity contribution is 9.10. The molecule has 0 saturated heterocycles. The molecular formula is C9H5BrN2O. The van der Waals surface area contributed by atoms with Gasteiger partial charge in [0.2, 0.25) is 0 Å². The van der Waals surface area contributed by atoms with E-state index in [2.05, 4.69) is 25.9 Å². The quantitative estimate of drug-likeness (QED) is 0.714. The maximum atomic E-state index is 10.4. The van der Waals surface area contributed by atoms with Gasteiger partial charge in [0.15, 0.2) is 12.1 Å². The van der Waals surface area contributed by atoms with Crippen LogP contribution in [0.1, 0.15) is 10.6 Å². The molecule has 1 aromatic heterocycles. The Labute approximate surface area is 82.9 Å². The second-order valence-electron chi connectivity index (χ2n) is 2.55. The van der Waals surface area contributed by atoms with Crippen LogP contribution in [0.5, 0.6) is 0 Å². The summed E-state index contributed by atoms with van der Waals surface area (Å²) in [6.45, 7) is 0. The van der Waals surface area contributed by atoms with Crippen molar-refractivity contribution in [2.75, 3.05) is 0 Å². The third kappa shape index (κ3) is 1.58. The highest BCUT2D eigenvalue weighted by Gasteiger charge is 1.98. The van der Waals surface area contributed by atoms with Crippen molar-refractivity contribution in [3.63, 3.8) is 0 Å². The van der Waals surface area contributed by atoms with Crippen LogP contribution in [0.3, 0.4) is 0 Å². The largest absolute Gasteiger partial charge is 0.294 e. The Hall–Kier alpha value is -1.29. The smallest absolute Gasteiger partial charge is 0.193 e. The van der Waals surface area contributed by atoms with Crippen LogP contribution >= 0.6 is 15.9 Å². The monoisotopic (exact) mass is 236 g/mol. The Morgan fingerprint density at radius 2 is 2.23 bits per heavy atom. The van der Waals surface area contributed by atoms with Crippen molar-refractivity contribution in [2.24, 2.45) is 0 Å². The third-order valence-corrected chi connectivity index (χ3v) is 2.16. The molecule has 1 aromatic carbocycles. The Morgan fingerprint density at radius 3 is 3.00 bits per heavy atom. The Balaban J connectivity index is 2.73. The number of aldehydes is 1. The summed E-state index contributed by atoms with van der Waals surface area (Å²) in [4.78, 5) is 18.3. The summed E-state index contributed by atoms with van der Waals surface area (Å²) in [5.74, 6) is 0.217. The van der Waals surface area contributed by atoms with Crippen molar-refractivity contribution in [3.8, 4) is 0 Å². The molecule has 0 radical (unpaired) electrons. The van der Waals surface area contributed by atoms with Gasteiger partial charge in [-0.15, -0.1) is 0 Å². The van der Waals surface area contributed by atoms with Gasteiger partial charge in [-0.25, -0.2) is 9.97 Å². The van der Waals surface area contributed by atoms with Crippen LogP contribution in [0.2, 0.25) is 0 Å². The second kappa shape index (κ2) is 3.22. The summed E-state index contributed by atoms with van der Waals surface area (Å²) in [6, 6.07) is 5.63. The van der Waals surface area contributed by atoms with E-state index in [9.17, 15) is 4.79 Å². The fourth-order valence-corrected chi connectivity index (χ4v) is 1.45. The molecule has 0 amide bonds. The molecule has 0 N–H and O–H groups in total. The summed E-state index contributed by atoms with van der Waals surface area (Å²) in [5, 5.41) is 0.917. The predicted octanol–water partition coefficient (Wildman–Crippen LogP) is 2.20. The predicted molar refractivity (Wildman–Crippen MR) is 52.6 cm³/mol. The van der Waals surface area contributed by atoms with Crippen LogP contribution < -0.4 is 0 Å². The lowest BCUT2D eigenvalue weighted by molar-refractivity contribution is 0.111. The molecule has 2 rings (SSSR count). The minimum absolute atomic E-state index is 0.217. The van der Waals surface area contributed by atoms with Crippen LogP contribution in [0.4, 0.5) is 0 Å². The summed E-state index contributed by atoms with van der Waals surface area (Å²) in [7, 11) is 0. The summed E-state index contributed by atoms with van der Waals surface area (Å²) < 4.78 is 0.974. The minimum atomic E-state index is 0.217. The first-order valence-corrected chi connectivity index (χ1v) is 4.46. The van der Waals surface area contributed by atoms with Crippen LogP contribution in [0, 0.1) is 0 Å². The molecule has 0 fully saturated rings. The molecule has 0 aliphatic rings. The van der Waals surface area contributed by atoms with E-state index in [1.165, 1.54) is 0 Å². The molecule has 0 aliphatic carbocycles. The molecule has 0 unspecified atom stereocenters. The van der Waals surface area contributed by atoms with E-state index in [-0.39, 0.29) is 5.82 Å². The number of hydrogen-bond acceptors (Lipinski definition) is 3. The van der Waals surface area contributed by atoms with Gasteiger partial charge < -0.3 is 0 Å². The van der Waals surface area contributed by atoms with Crippen LogP contribution in [0.15, 0.2) is 28.9 Å². The summed E-state index contributed by atoms with van der Waals surface area (Å²) in [6.07, 6.45) is 2.28. The lowest BCUT2D eigenvalue weighted by Gasteiger charge is -1.97. The van der Waals surface area contributed by atoms with Gasteiger partial charge in [-0.3, -0.25) is 4.79 Å². The van der Waals surface area contributed by atoms with E-state index in [1.54, 1.807) is 6.20 Å². The normalized spacial score (nSPS) is 10.2. The SMILES string of the molecule is O=Cc1ncc2cc(Br)ccc2n1. The minimum Gasteiger partial charge on any atom is -0.294 e. The lowest BCUT2D eigenvalue weighted by Crippen LogP contribution is -1.91. The lowest BCUT2D eigenvalue weighted by atomic mass is 10.2. The molecule has 0 saturated carbocycles. The number of fused-ring (bicyclic) bond motifs is 1. The first-order chi connectivity index (χ1) is 6.29. The van der Waals surface area contributed by atoms with Gasteiger partial charge in [0, 0.05) is 16.1 Å². The molecule has 0 bridgehead atoms. The number of rotatable bonds is 1. The zero-order valence-corrected chi connectivity index (χ0v) is 8.15. The number of hydrogen-bond donors (Lipinski definition) is 0. The maximum Gasteiger partial charge on any atom is 0.193 e. The van der Waals surface area contributed by atoms with Crippen LogP contribution in [-0.4, -0.2) is 16.3 Å². The van der Waals surface area contributed by atoms with Gasteiger partial charge in [-0.2, -0.15) is 0 Å². The average molecular weight is 237 g/mol. The number of aromatic nitrogens is 2. The molecule has 0 aliphatic heterocycles. The number of carbonyl (C=O) groups excluding carboxylic acids is 1. The molecule has 4 heteroatoms. The zero-order valence-electron chi connectivity index (χ0n) is 6.57. The van der Waals surface area contributed by atoms with E-state index in [4.69, 9.17) is 0 Å². The van der Waals surface area contributed by atoms with Crippen molar-refractivity contribution in [1.29, 1.82) is 0 Å². The Morgan fingerprint density at radius 1 is 1.38 bits per heavy atom. The molecule has 2 aromatic rings. The highest BCUT2D eigenvalue weighted by Crippen LogP contribution is 2.16.